The molecule has 0 aromatic heterocycles. The van der Waals surface area contributed by atoms with Crippen LogP contribution in [0.3, 0.4) is 0 Å². The third-order valence-corrected chi connectivity index (χ3v) is 2.59. The Hall–Kier alpha value is -1.05. The van der Waals surface area contributed by atoms with E-state index in [1.807, 2.05) is 0 Å². The van der Waals surface area contributed by atoms with Gasteiger partial charge in [-0.2, -0.15) is 0 Å². The molecule has 0 aromatic carbocycles. The SMILES string of the molecule is CCCCC=CCC=CCCCCCC(=O)O. The quantitative estimate of drug-likeness (QED) is 0.418. The van der Waals surface area contributed by atoms with Gasteiger partial charge in [0.25, 0.3) is 0 Å². The van der Waals surface area contributed by atoms with Gasteiger partial charge >= 0.3 is 5.97 Å². The van der Waals surface area contributed by atoms with Crippen LogP contribution in [0.4, 0.5) is 0 Å². The van der Waals surface area contributed by atoms with Gasteiger partial charge in [-0.1, -0.05) is 50.5 Å². The van der Waals surface area contributed by atoms with Crippen molar-refractivity contribution >= 4 is 5.97 Å². The maximum Gasteiger partial charge on any atom is 0.303 e. The van der Waals surface area contributed by atoms with Crippen molar-refractivity contribution in [2.45, 2.75) is 64.7 Å². The van der Waals surface area contributed by atoms with Crippen LogP contribution in [0.25, 0.3) is 0 Å². The first-order chi connectivity index (χ1) is 8.27. The number of hydrogen-bond acceptors (Lipinski definition) is 1. The Morgan fingerprint density at radius 2 is 1.59 bits per heavy atom. The van der Waals surface area contributed by atoms with Crippen LogP contribution in [0, 0.1) is 0 Å². The second-order valence-electron chi connectivity index (χ2n) is 4.31. The lowest BCUT2D eigenvalue weighted by atomic mass is 10.1. The van der Waals surface area contributed by atoms with Crippen LogP contribution in [-0.2, 0) is 4.79 Å². The number of hydrogen-bond donors (Lipinski definition) is 1. The zero-order chi connectivity index (χ0) is 12.8. The van der Waals surface area contributed by atoms with Gasteiger partial charge in [0.15, 0.2) is 0 Å². The van der Waals surface area contributed by atoms with Crippen molar-refractivity contribution in [3.05, 3.63) is 24.3 Å². The third kappa shape index (κ3) is 14.9. The fourth-order valence-electron chi connectivity index (χ4n) is 1.54. The molecule has 0 aliphatic heterocycles. The standard InChI is InChI=1S/C15H26O2/c1-2-3-4-5-6-7-8-9-10-11-12-13-14-15(16)17/h5-6,8-9H,2-4,7,10-14H2,1H3,(H,16,17). The smallest absolute Gasteiger partial charge is 0.303 e. The molecule has 2 nitrogen and oxygen atoms in total. The number of aliphatic carboxylic acids is 1. The molecule has 0 aliphatic carbocycles. The molecule has 98 valence electrons. The summed E-state index contributed by atoms with van der Waals surface area (Å²) >= 11 is 0. The van der Waals surface area contributed by atoms with E-state index in [2.05, 4.69) is 31.2 Å². The Morgan fingerprint density at radius 1 is 0.941 bits per heavy atom. The van der Waals surface area contributed by atoms with Crippen LogP contribution in [0.15, 0.2) is 24.3 Å². The highest BCUT2D eigenvalue weighted by atomic mass is 16.4. The van der Waals surface area contributed by atoms with Crippen LogP contribution in [0.1, 0.15) is 64.7 Å². The maximum absolute atomic E-state index is 10.3. The van der Waals surface area contributed by atoms with Crippen molar-refractivity contribution in [2.24, 2.45) is 0 Å². The summed E-state index contributed by atoms with van der Waals surface area (Å²) in [6.07, 6.45) is 17.9. The molecule has 0 bridgehead atoms. The summed E-state index contributed by atoms with van der Waals surface area (Å²) in [4.78, 5) is 10.3. The Morgan fingerprint density at radius 3 is 2.18 bits per heavy atom. The van der Waals surface area contributed by atoms with Gasteiger partial charge in [-0.3, -0.25) is 4.79 Å². The van der Waals surface area contributed by atoms with Gasteiger partial charge in [0, 0.05) is 6.42 Å². The van der Waals surface area contributed by atoms with Crippen LogP contribution in [-0.4, -0.2) is 11.1 Å². The number of carboxylic acids is 1. The highest BCUT2D eigenvalue weighted by Gasteiger charge is 1.94. The topological polar surface area (TPSA) is 37.3 Å². The molecule has 0 unspecified atom stereocenters. The molecule has 1 N–H and O–H groups in total. The number of carbonyl (C=O) groups is 1. The van der Waals surface area contributed by atoms with Gasteiger partial charge in [0.1, 0.15) is 0 Å². The molecule has 0 aliphatic rings. The monoisotopic (exact) mass is 238 g/mol. The number of rotatable bonds is 11. The minimum absolute atomic E-state index is 0.309. The second kappa shape index (κ2) is 13.0. The first kappa shape index (κ1) is 16.0. The highest BCUT2D eigenvalue weighted by Crippen LogP contribution is 2.04. The Kier molecular flexibility index (Phi) is 12.2. The predicted octanol–water partition coefficient (Wildman–Crippen LogP) is 4.71. The van der Waals surface area contributed by atoms with Crippen molar-refractivity contribution < 1.29 is 9.90 Å². The summed E-state index contributed by atoms with van der Waals surface area (Å²) in [5.41, 5.74) is 0. The second-order valence-corrected chi connectivity index (χ2v) is 4.31. The van der Waals surface area contributed by atoms with E-state index in [0.717, 1.165) is 32.1 Å². The van der Waals surface area contributed by atoms with Crippen molar-refractivity contribution in [1.29, 1.82) is 0 Å². The fraction of sp³-hybridized carbons (Fsp3) is 0.667. The normalized spacial score (nSPS) is 11.6. The number of allylic oxidation sites excluding steroid dienone is 4. The van der Waals surface area contributed by atoms with E-state index in [9.17, 15) is 4.79 Å². The molecule has 0 fully saturated rings. The molecule has 0 amide bonds. The molecule has 2 heteroatoms. The van der Waals surface area contributed by atoms with Gasteiger partial charge in [0.2, 0.25) is 0 Å². The van der Waals surface area contributed by atoms with Crippen LogP contribution < -0.4 is 0 Å². The van der Waals surface area contributed by atoms with Crippen molar-refractivity contribution in [1.82, 2.24) is 0 Å². The summed E-state index contributed by atoms with van der Waals surface area (Å²) < 4.78 is 0. The largest absolute Gasteiger partial charge is 0.481 e. The lowest BCUT2D eigenvalue weighted by Crippen LogP contribution is -1.93. The van der Waals surface area contributed by atoms with Crippen molar-refractivity contribution in [2.75, 3.05) is 0 Å². The van der Waals surface area contributed by atoms with Gasteiger partial charge < -0.3 is 5.11 Å². The summed E-state index contributed by atoms with van der Waals surface area (Å²) in [5.74, 6) is -0.683. The predicted molar refractivity (Wildman–Crippen MR) is 73.1 cm³/mol. The lowest BCUT2D eigenvalue weighted by molar-refractivity contribution is -0.137. The number of carboxylic acid groups (broad SMARTS) is 1. The van der Waals surface area contributed by atoms with E-state index in [-0.39, 0.29) is 0 Å². The van der Waals surface area contributed by atoms with Crippen molar-refractivity contribution in [3.63, 3.8) is 0 Å². The molecule has 0 rings (SSSR count). The molecule has 0 saturated heterocycles. The Balaban J connectivity index is 3.19. The highest BCUT2D eigenvalue weighted by molar-refractivity contribution is 5.66. The fourth-order valence-corrected chi connectivity index (χ4v) is 1.54. The van der Waals surface area contributed by atoms with E-state index in [0.29, 0.717) is 6.42 Å². The molecular weight excluding hydrogens is 212 g/mol. The van der Waals surface area contributed by atoms with Crippen LogP contribution >= 0.6 is 0 Å². The Labute approximate surface area is 105 Å². The third-order valence-electron chi connectivity index (χ3n) is 2.59. The lowest BCUT2D eigenvalue weighted by Gasteiger charge is -1.94. The van der Waals surface area contributed by atoms with Gasteiger partial charge in [-0.15, -0.1) is 0 Å². The molecule has 0 spiro atoms. The first-order valence-electron chi connectivity index (χ1n) is 6.79. The average Bonchev–Trinajstić information content (AvgIpc) is 2.30. The molecule has 0 aromatic rings. The number of unbranched alkanes of at least 4 members (excludes halogenated alkanes) is 5. The van der Waals surface area contributed by atoms with Crippen LogP contribution in [0.5, 0.6) is 0 Å². The minimum Gasteiger partial charge on any atom is -0.481 e. The summed E-state index contributed by atoms with van der Waals surface area (Å²) in [6, 6.07) is 0. The first-order valence-corrected chi connectivity index (χ1v) is 6.79. The molecule has 0 radical (unpaired) electrons. The van der Waals surface area contributed by atoms with E-state index in [1.165, 1.54) is 19.3 Å². The summed E-state index contributed by atoms with van der Waals surface area (Å²) in [7, 11) is 0. The zero-order valence-corrected chi connectivity index (χ0v) is 11.0. The maximum atomic E-state index is 10.3. The van der Waals surface area contributed by atoms with E-state index < -0.39 is 5.97 Å². The molecule has 0 heterocycles. The molecular formula is C15H26O2. The summed E-state index contributed by atoms with van der Waals surface area (Å²) in [6.45, 7) is 2.21. The molecule has 0 saturated carbocycles. The molecule has 0 atom stereocenters. The molecule has 17 heavy (non-hydrogen) atoms. The van der Waals surface area contributed by atoms with Gasteiger partial charge in [-0.05, 0) is 32.1 Å². The van der Waals surface area contributed by atoms with Gasteiger partial charge in [0.05, 0.1) is 0 Å². The van der Waals surface area contributed by atoms with E-state index in [1.54, 1.807) is 0 Å². The Bertz CT molecular complexity index is 229. The van der Waals surface area contributed by atoms with Crippen molar-refractivity contribution in [3.8, 4) is 0 Å². The average molecular weight is 238 g/mol. The minimum atomic E-state index is -0.683. The van der Waals surface area contributed by atoms with E-state index >= 15 is 0 Å². The summed E-state index contributed by atoms with van der Waals surface area (Å²) in [5, 5.41) is 8.45. The van der Waals surface area contributed by atoms with Crippen LogP contribution in [0.2, 0.25) is 0 Å². The van der Waals surface area contributed by atoms with E-state index in [4.69, 9.17) is 5.11 Å². The zero-order valence-electron chi connectivity index (χ0n) is 11.0. The van der Waals surface area contributed by atoms with Gasteiger partial charge in [-0.25, -0.2) is 0 Å².